The smallest absolute Gasteiger partial charge is 0.335 e. The van der Waals surface area contributed by atoms with Crippen molar-refractivity contribution in [2.75, 3.05) is 5.32 Å². The van der Waals surface area contributed by atoms with Crippen LogP contribution in [0.1, 0.15) is 26.3 Å². The molecule has 3 N–H and O–H groups in total. The summed E-state index contributed by atoms with van der Waals surface area (Å²) in [7, 11) is 0. The molecule has 0 radical (unpaired) electrons. The quantitative estimate of drug-likeness (QED) is 0.327. The van der Waals surface area contributed by atoms with E-state index in [1.807, 2.05) is 49.4 Å². The van der Waals surface area contributed by atoms with Gasteiger partial charge < -0.3 is 15.4 Å². The van der Waals surface area contributed by atoms with Gasteiger partial charge in [0.15, 0.2) is 0 Å². The molecule has 1 amide bonds. The van der Waals surface area contributed by atoms with Crippen molar-refractivity contribution in [2.24, 2.45) is 0 Å². The number of hydrogen-bond acceptors (Lipinski definition) is 4. The Balaban J connectivity index is 1.53. The molecule has 0 unspecified atom stereocenters. The first-order valence-electron chi connectivity index (χ1n) is 10.6. The average Bonchev–Trinajstić information content (AvgIpc) is 3.31. The zero-order valence-electron chi connectivity index (χ0n) is 18.2. The first-order valence-corrected chi connectivity index (χ1v) is 10.6. The lowest BCUT2D eigenvalue weighted by molar-refractivity contribution is 0.0696. The lowest BCUT2D eigenvalue weighted by atomic mass is 10.0. The number of nitrogens with zero attached hydrogens (tertiary/aromatic N) is 2. The van der Waals surface area contributed by atoms with E-state index in [0.29, 0.717) is 16.9 Å². The zero-order valence-corrected chi connectivity index (χ0v) is 18.2. The summed E-state index contributed by atoms with van der Waals surface area (Å²) in [5.74, 6) is -1.14. The number of aromatic nitrogens is 3. The molecular weight excluding hydrogens is 428 g/mol. The molecule has 0 saturated heterocycles. The summed E-state index contributed by atoms with van der Waals surface area (Å²) in [6, 6.07) is 23.4. The molecule has 0 spiro atoms. The third-order valence-corrected chi connectivity index (χ3v) is 5.74. The van der Waals surface area contributed by atoms with Gasteiger partial charge in [0.25, 0.3) is 5.91 Å². The van der Waals surface area contributed by atoms with Gasteiger partial charge in [-0.15, -0.1) is 0 Å². The Morgan fingerprint density at radius 1 is 0.882 bits per heavy atom. The van der Waals surface area contributed by atoms with Crippen LogP contribution in [0, 0.1) is 6.92 Å². The summed E-state index contributed by atoms with van der Waals surface area (Å²) in [6.07, 6.45) is 1.50. The Morgan fingerprint density at radius 3 is 2.38 bits per heavy atom. The number of benzene rings is 3. The van der Waals surface area contributed by atoms with Gasteiger partial charge in [0.2, 0.25) is 0 Å². The van der Waals surface area contributed by atoms with Crippen LogP contribution in [-0.4, -0.2) is 31.9 Å². The first kappa shape index (κ1) is 21.1. The second-order valence-corrected chi connectivity index (χ2v) is 7.85. The molecular formula is C27H20N4O3. The maximum atomic E-state index is 12.7. The van der Waals surface area contributed by atoms with Gasteiger partial charge in [0, 0.05) is 27.9 Å². The van der Waals surface area contributed by atoms with Crippen LogP contribution in [0.3, 0.4) is 0 Å². The molecule has 0 saturated carbocycles. The number of hydrogen-bond donors (Lipinski definition) is 3. The van der Waals surface area contributed by atoms with E-state index < -0.39 is 5.97 Å². The van der Waals surface area contributed by atoms with Crippen molar-refractivity contribution >= 4 is 28.6 Å². The van der Waals surface area contributed by atoms with Crippen molar-refractivity contribution in [3.8, 4) is 22.5 Å². The third kappa shape index (κ3) is 3.91. The van der Waals surface area contributed by atoms with Gasteiger partial charge in [-0.05, 0) is 54.4 Å². The van der Waals surface area contributed by atoms with E-state index in [9.17, 15) is 9.59 Å². The minimum atomic E-state index is -0.967. The van der Waals surface area contributed by atoms with Crippen LogP contribution in [0.4, 0.5) is 5.69 Å². The van der Waals surface area contributed by atoms with Crippen molar-refractivity contribution in [1.29, 1.82) is 0 Å². The molecule has 5 aromatic rings. The number of amides is 1. The number of nitrogens with one attached hydrogen (secondary N) is 2. The predicted octanol–water partition coefficient (Wildman–Crippen LogP) is 5.55. The van der Waals surface area contributed by atoms with Gasteiger partial charge in [-0.3, -0.25) is 4.79 Å². The SMILES string of the molecule is Cc1c(NC(=O)c2ccccc2)cccc1-c1ncnc2[nH]c(-c3ccc(C(=O)O)cc3)cc12. The largest absolute Gasteiger partial charge is 0.478 e. The molecule has 166 valence electrons. The van der Waals surface area contributed by atoms with Crippen LogP contribution < -0.4 is 5.32 Å². The summed E-state index contributed by atoms with van der Waals surface area (Å²) in [5, 5.41) is 13.0. The monoisotopic (exact) mass is 448 g/mol. The average molecular weight is 448 g/mol. The summed E-state index contributed by atoms with van der Waals surface area (Å²) >= 11 is 0. The van der Waals surface area contributed by atoms with Gasteiger partial charge >= 0.3 is 5.97 Å². The van der Waals surface area contributed by atoms with Gasteiger partial charge in [-0.25, -0.2) is 14.8 Å². The number of anilines is 1. The molecule has 5 rings (SSSR count). The van der Waals surface area contributed by atoms with Crippen molar-refractivity contribution in [1.82, 2.24) is 15.0 Å². The predicted molar refractivity (Wildman–Crippen MR) is 131 cm³/mol. The highest BCUT2D eigenvalue weighted by Gasteiger charge is 2.16. The van der Waals surface area contributed by atoms with E-state index in [4.69, 9.17) is 5.11 Å². The van der Waals surface area contributed by atoms with Crippen molar-refractivity contribution in [3.63, 3.8) is 0 Å². The van der Waals surface area contributed by atoms with Crippen LogP contribution in [0.2, 0.25) is 0 Å². The van der Waals surface area contributed by atoms with E-state index in [1.165, 1.54) is 6.33 Å². The van der Waals surface area contributed by atoms with E-state index in [0.717, 1.165) is 33.5 Å². The number of carboxylic acids is 1. The summed E-state index contributed by atoms with van der Waals surface area (Å²) < 4.78 is 0. The number of rotatable bonds is 5. The van der Waals surface area contributed by atoms with E-state index >= 15 is 0 Å². The van der Waals surface area contributed by atoms with Crippen LogP contribution >= 0.6 is 0 Å². The summed E-state index contributed by atoms with van der Waals surface area (Å²) in [6.45, 7) is 1.95. The Kier molecular flexibility index (Phi) is 5.35. The van der Waals surface area contributed by atoms with E-state index in [-0.39, 0.29) is 11.5 Å². The maximum absolute atomic E-state index is 12.7. The Hall–Kier alpha value is -4.78. The molecule has 0 aliphatic heterocycles. The first-order chi connectivity index (χ1) is 16.5. The van der Waals surface area contributed by atoms with Gasteiger partial charge in [-0.2, -0.15) is 0 Å². The highest BCUT2D eigenvalue weighted by Crippen LogP contribution is 2.34. The minimum absolute atomic E-state index is 0.178. The van der Waals surface area contributed by atoms with Crippen molar-refractivity contribution in [3.05, 3.63) is 102 Å². The molecule has 7 heteroatoms. The zero-order chi connectivity index (χ0) is 23.7. The second kappa shape index (κ2) is 8.63. The van der Waals surface area contributed by atoms with Crippen LogP contribution in [0.25, 0.3) is 33.5 Å². The van der Waals surface area contributed by atoms with Crippen LogP contribution in [-0.2, 0) is 0 Å². The highest BCUT2D eigenvalue weighted by atomic mass is 16.4. The number of H-pyrrole nitrogens is 1. The molecule has 7 nitrogen and oxygen atoms in total. The van der Waals surface area contributed by atoms with Crippen molar-refractivity contribution < 1.29 is 14.7 Å². The molecule has 34 heavy (non-hydrogen) atoms. The molecule has 0 aliphatic rings. The standard InChI is InChI=1S/C27H20N4O3/c1-16-20(8-5-9-22(16)31-26(32)18-6-3-2-4-7-18)24-21-14-23(30-25(21)29-15-28-24)17-10-12-19(13-11-17)27(33)34/h2-15H,1H3,(H,31,32)(H,33,34)(H,28,29,30). The fraction of sp³-hybridized carbons (Fsp3) is 0.0370. The van der Waals surface area contributed by atoms with Crippen LogP contribution in [0.5, 0.6) is 0 Å². The minimum Gasteiger partial charge on any atom is -0.478 e. The number of carbonyl (C=O) groups is 2. The molecule has 0 atom stereocenters. The molecule has 0 fully saturated rings. The fourth-order valence-corrected chi connectivity index (χ4v) is 3.91. The van der Waals surface area contributed by atoms with Crippen LogP contribution in [0.15, 0.2) is 85.2 Å². The number of aromatic amines is 1. The lowest BCUT2D eigenvalue weighted by Crippen LogP contribution is -2.12. The molecule has 0 bridgehead atoms. The van der Waals surface area contributed by atoms with Gasteiger partial charge in [-0.1, -0.05) is 42.5 Å². The maximum Gasteiger partial charge on any atom is 0.335 e. The number of carboxylic acid groups (broad SMARTS) is 1. The third-order valence-electron chi connectivity index (χ3n) is 5.74. The molecule has 2 heterocycles. The number of carbonyl (C=O) groups excluding carboxylic acids is 1. The molecule has 3 aromatic carbocycles. The summed E-state index contributed by atoms with van der Waals surface area (Å²) in [5.41, 5.74) is 6.34. The number of fused-ring (bicyclic) bond motifs is 1. The Labute approximate surface area is 195 Å². The Morgan fingerprint density at radius 2 is 1.65 bits per heavy atom. The lowest BCUT2D eigenvalue weighted by Gasteiger charge is -2.13. The van der Waals surface area contributed by atoms with Gasteiger partial charge in [0.1, 0.15) is 12.0 Å². The highest BCUT2D eigenvalue weighted by molar-refractivity contribution is 6.05. The molecule has 0 aliphatic carbocycles. The second-order valence-electron chi connectivity index (χ2n) is 7.85. The normalized spacial score (nSPS) is 10.9. The van der Waals surface area contributed by atoms with Gasteiger partial charge in [0.05, 0.1) is 11.3 Å². The Bertz CT molecular complexity index is 1520. The van der Waals surface area contributed by atoms with E-state index in [2.05, 4.69) is 20.3 Å². The fourth-order valence-electron chi connectivity index (χ4n) is 3.91. The molecule has 2 aromatic heterocycles. The summed E-state index contributed by atoms with van der Waals surface area (Å²) in [4.78, 5) is 36.0. The van der Waals surface area contributed by atoms with Crippen molar-refractivity contribution in [2.45, 2.75) is 6.92 Å². The topological polar surface area (TPSA) is 108 Å². The van der Waals surface area contributed by atoms with E-state index in [1.54, 1.807) is 36.4 Å². The number of aromatic carboxylic acids is 1.